The minimum Gasteiger partial charge on any atom is -0.379 e. The van der Waals surface area contributed by atoms with E-state index in [1.807, 2.05) is 0 Å². The highest BCUT2D eigenvalue weighted by Crippen LogP contribution is 1.78. The quantitative estimate of drug-likeness (QED) is 0.424. The predicted molar refractivity (Wildman–Crippen MR) is 36.1 cm³/mol. The molecule has 0 bridgehead atoms. The summed E-state index contributed by atoms with van der Waals surface area (Å²) in [4.78, 5) is 4.81. The third-order valence-corrected chi connectivity index (χ3v) is 0.823. The Labute approximate surface area is 56.3 Å². The highest BCUT2D eigenvalue weighted by atomic mass is 16.7. The zero-order valence-corrected chi connectivity index (χ0v) is 6.14. The molecule has 0 aliphatic rings. The molecular formula is C6H15NO2. The fourth-order valence-corrected chi connectivity index (χ4v) is 0.449. The van der Waals surface area contributed by atoms with Gasteiger partial charge in [-0.05, 0) is 6.42 Å². The normalized spacial score (nSPS) is 10.0. The van der Waals surface area contributed by atoms with Crippen LogP contribution in [0, 0.1) is 0 Å². The van der Waals surface area contributed by atoms with Crippen molar-refractivity contribution in [1.29, 1.82) is 0 Å². The fraction of sp³-hybridized carbons (Fsp3) is 1.00. The van der Waals surface area contributed by atoms with Crippen LogP contribution in [-0.2, 0) is 9.57 Å². The molecule has 0 aromatic carbocycles. The molecule has 0 radical (unpaired) electrons. The molecule has 3 nitrogen and oxygen atoms in total. The van der Waals surface area contributed by atoms with Gasteiger partial charge in [-0.3, -0.25) is 4.84 Å². The van der Waals surface area contributed by atoms with Crippen LogP contribution in [0.25, 0.3) is 0 Å². The van der Waals surface area contributed by atoms with Crippen LogP contribution in [0.5, 0.6) is 0 Å². The molecule has 0 saturated heterocycles. The van der Waals surface area contributed by atoms with Crippen LogP contribution in [0.2, 0.25) is 0 Å². The van der Waals surface area contributed by atoms with E-state index in [4.69, 9.17) is 9.57 Å². The van der Waals surface area contributed by atoms with Crippen LogP contribution < -0.4 is 5.48 Å². The van der Waals surface area contributed by atoms with E-state index in [1.54, 1.807) is 7.05 Å². The molecule has 0 fully saturated rings. The molecule has 0 heterocycles. The summed E-state index contributed by atoms with van der Waals surface area (Å²) >= 11 is 0. The summed E-state index contributed by atoms with van der Waals surface area (Å²) in [6, 6.07) is 0. The van der Waals surface area contributed by atoms with Gasteiger partial charge in [-0.25, -0.2) is 5.48 Å². The first-order valence-corrected chi connectivity index (χ1v) is 3.28. The molecule has 3 heteroatoms. The first-order valence-electron chi connectivity index (χ1n) is 3.28. The van der Waals surface area contributed by atoms with Gasteiger partial charge in [0.1, 0.15) is 0 Å². The smallest absolute Gasteiger partial charge is 0.0915 e. The van der Waals surface area contributed by atoms with Crippen LogP contribution in [-0.4, -0.2) is 26.9 Å². The Morgan fingerprint density at radius 2 is 2.00 bits per heavy atom. The van der Waals surface area contributed by atoms with E-state index in [0.29, 0.717) is 13.2 Å². The number of hydrogen-bond donors (Lipinski definition) is 1. The molecule has 0 amide bonds. The Kier molecular flexibility index (Phi) is 7.77. The molecule has 0 atom stereocenters. The lowest BCUT2D eigenvalue weighted by Crippen LogP contribution is -2.12. The van der Waals surface area contributed by atoms with E-state index < -0.39 is 0 Å². The van der Waals surface area contributed by atoms with Gasteiger partial charge >= 0.3 is 0 Å². The second kappa shape index (κ2) is 7.88. The second-order valence-electron chi connectivity index (χ2n) is 1.66. The minimum atomic E-state index is 0.622. The number of rotatable bonds is 6. The predicted octanol–water partition coefficient (Wildman–Crippen LogP) is 0.564. The van der Waals surface area contributed by atoms with Gasteiger partial charge in [0.15, 0.2) is 0 Å². The van der Waals surface area contributed by atoms with Crippen molar-refractivity contribution in [3.8, 4) is 0 Å². The van der Waals surface area contributed by atoms with Crippen LogP contribution in [0.4, 0.5) is 0 Å². The number of hydrogen-bond acceptors (Lipinski definition) is 3. The van der Waals surface area contributed by atoms with E-state index in [9.17, 15) is 0 Å². The summed E-state index contributed by atoms with van der Waals surface area (Å²) in [5.74, 6) is 0. The molecule has 0 rings (SSSR count). The summed E-state index contributed by atoms with van der Waals surface area (Å²) in [7, 11) is 1.74. The SMILES string of the molecule is CCCOCCONC. The standard InChI is InChI=1S/C6H15NO2/c1-3-4-8-5-6-9-7-2/h7H,3-6H2,1-2H3. The van der Waals surface area contributed by atoms with Crippen molar-refractivity contribution in [2.45, 2.75) is 13.3 Å². The van der Waals surface area contributed by atoms with Gasteiger partial charge in [-0.2, -0.15) is 0 Å². The average molecular weight is 133 g/mol. The minimum absolute atomic E-state index is 0.622. The molecule has 0 aliphatic heterocycles. The monoisotopic (exact) mass is 133 g/mol. The van der Waals surface area contributed by atoms with Gasteiger partial charge in [0.25, 0.3) is 0 Å². The maximum atomic E-state index is 5.12. The third-order valence-electron chi connectivity index (χ3n) is 0.823. The van der Waals surface area contributed by atoms with Gasteiger partial charge < -0.3 is 4.74 Å². The van der Waals surface area contributed by atoms with Crippen molar-refractivity contribution in [2.75, 3.05) is 26.9 Å². The van der Waals surface area contributed by atoms with Crippen molar-refractivity contribution in [3.63, 3.8) is 0 Å². The Morgan fingerprint density at radius 3 is 2.56 bits per heavy atom. The molecule has 1 N–H and O–H groups in total. The molecule has 0 aromatic heterocycles. The Balaban J connectivity index is 2.60. The molecule has 0 aromatic rings. The maximum Gasteiger partial charge on any atom is 0.0915 e. The number of hydroxylamine groups is 1. The van der Waals surface area contributed by atoms with E-state index >= 15 is 0 Å². The van der Waals surface area contributed by atoms with E-state index in [2.05, 4.69) is 12.4 Å². The van der Waals surface area contributed by atoms with Crippen LogP contribution in [0.1, 0.15) is 13.3 Å². The summed E-state index contributed by atoms with van der Waals surface area (Å²) in [5, 5.41) is 0. The van der Waals surface area contributed by atoms with Crippen molar-refractivity contribution in [1.82, 2.24) is 5.48 Å². The average Bonchev–Trinajstić information content (AvgIpc) is 1.89. The van der Waals surface area contributed by atoms with E-state index in [1.165, 1.54) is 0 Å². The third kappa shape index (κ3) is 7.88. The van der Waals surface area contributed by atoms with Crippen LogP contribution >= 0.6 is 0 Å². The largest absolute Gasteiger partial charge is 0.379 e. The second-order valence-corrected chi connectivity index (χ2v) is 1.66. The zero-order valence-electron chi connectivity index (χ0n) is 6.14. The molecule has 56 valence electrons. The Bertz CT molecular complexity index is 44.3. The van der Waals surface area contributed by atoms with Gasteiger partial charge in [0.05, 0.1) is 13.2 Å². The van der Waals surface area contributed by atoms with Crippen LogP contribution in [0.3, 0.4) is 0 Å². The number of ether oxygens (including phenoxy) is 1. The Morgan fingerprint density at radius 1 is 1.22 bits per heavy atom. The zero-order chi connectivity index (χ0) is 6.95. The molecule has 0 spiro atoms. The Hall–Kier alpha value is -0.120. The van der Waals surface area contributed by atoms with E-state index in [0.717, 1.165) is 13.0 Å². The van der Waals surface area contributed by atoms with Gasteiger partial charge in [-0.1, -0.05) is 6.92 Å². The lowest BCUT2D eigenvalue weighted by molar-refractivity contribution is 0.00586. The van der Waals surface area contributed by atoms with Crippen molar-refractivity contribution >= 4 is 0 Å². The fourth-order valence-electron chi connectivity index (χ4n) is 0.449. The number of nitrogens with one attached hydrogen (secondary N) is 1. The summed E-state index contributed by atoms with van der Waals surface area (Å²) in [6.45, 7) is 4.21. The highest BCUT2D eigenvalue weighted by Gasteiger charge is 1.83. The highest BCUT2D eigenvalue weighted by molar-refractivity contribution is 4.26. The van der Waals surface area contributed by atoms with Crippen LogP contribution in [0.15, 0.2) is 0 Å². The first kappa shape index (κ1) is 8.88. The first-order chi connectivity index (χ1) is 4.41. The van der Waals surface area contributed by atoms with Gasteiger partial charge in [-0.15, -0.1) is 0 Å². The summed E-state index contributed by atoms with van der Waals surface area (Å²) < 4.78 is 5.12. The summed E-state index contributed by atoms with van der Waals surface area (Å²) in [6.07, 6.45) is 1.07. The molecule has 9 heavy (non-hydrogen) atoms. The topological polar surface area (TPSA) is 30.5 Å². The van der Waals surface area contributed by atoms with Crippen molar-refractivity contribution in [3.05, 3.63) is 0 Å². The summed E-state index contributed by atoms with van der Waals surface area (Å²) in [5.41, 5.74) is 2.56. The molecule has 0 aliphatic carbocycles. The lowest BCUT2D eigenvalue weighted by atomic mass is 10.5. The van der Waals surface area contributed by atoms with Gasteiger partial charge in [0, 0.05) is 13.7 Å². The lowest BCUT2D eigenvalue weighted by Gasteiger charge is -2.01. The van der Waals surface area contributed by atoms with E-state index in [-0.39, 0.29) is 0 Å². The van der Waals surface area contributed by atoms with Crippen molar-refractivity contribution in [2.24, 2.45) is 0 Å². The maximum absolute atomic E-state index is 5.12. The van der Waals surface area contributed by atoms with Crippen molar-refractivity contribution < 1.29 is 9.57 Å². The van der Waals surface area contributed by atoms with Gasteiger partial charge in [0.2, 0.25) is 0 Å². The molecular weight excluding hydrogens is 118 g/mol. The molecule has 0 unspecified atom stereocenters. The molecule has 0 saturated carbocycles.